The fraction of sp³-hybridized carbons (Fsp3) is 0.381. The molecule has 0 spiro atoms. The summed E-state index contributed by atoms with van der Waals surface area (Å²) in [5, 5.41) is 3.10. The van der Waals surface area contributed by atoms with Gasteiger partial charge in [0.15, 0.2) is 5.65 Å². The number of ether oxygens (including phenoxy) is 2. The lowest BCUT2D eigenvalue weighted by Crippen LogP contribution is -2.34. The highest BCUT2D eigenvalue weighted by Gasteiger charge is 2.39. The lowest BCUT2D eigenvalue weighted by Gasteiger charge is -2.22. The number of rotatable bonds is 4. The molecular formula is C21H20BrClF2N4O3. The number of pyridine rings is 1. The number of alkyl halides is 2. The Hall–Kier alpha value is -2.46. The fourth-order valence-corrected chi connectivity index (χ4v) is 4.57. The van der Waals surface area contributed by atoms with Crippen LogP contribution in [0, 0.1) is 0 Å². The van der Waals surface area contributed by atoms with Crippen molar-refractivity contribution in [2.24, 2.45) is 0 Å². The number of nitrogens with one attached hydrogen (secondary N) is 1. The van der Waals surface area contributed by atoms with E-state index in [9.17, 15) is 13.6 Å². The highest BCUT2D eigenvalue weighted by atomic mass is 79.9. The maximum atomic E-state index is 13.1. The number of alkyl carbamates (subject to hydrolysis) is 1. The molecule has 7 nitrogen and oxygen atoms in total. The number of imidazole rings is 1. The van der Waals surface area contributed by atoms with Crippen molar-refractivity contribution in [2.45, 2.75) is 51.5 Å². The molecule has 11 heteroatoms. The van der Waals surface area contributed by atoms with Crippen molar-refractivity contribution in [2.75, 3.05) is 0 Å². The van der Waals surface area contributed by atoms with Crippen LogP contribution < -0.4 is 10.1 Å². The van der Waals surface area contributed by atoms with E-state index in [1.165, 1.54) is 6.07 Å². The van der Waals surface area contributed by atoms with Crippen molar-refractivity contribution in [3.63, 3.8) is 0 Å². The number of hydrogen-bond acceptors (Lipinski definition) is 5. The Morgan fingerprint density at radius 2 is 2.03 bits per heavy atom. The molecule has 0 fully saturated rings. The van der Waals surface area contributed by atoms with Crippen molar-refractivity contribution in [1.82, 2.24) is 19.9 Å². The third-order valence-electron chi connectivity index (χ3n) is 4.87. The molecule has 2 aromatic heterocycles. The van der Waals surface area contributed by atoms with Gasteiger partial charge < -0.3 is 19.4 Å². The summed E-state index contributed by atoms with van der Waals surface area (Å²) in [6.07, 6.45) is -0.280. The second kappa shape index (κ2) is 8.47. The highest BCUT2D eigenvalue weighted by Crippen LogP contribution is 2.46. The van der Waals surface area contributed by atoms with E-state index in [-0.39, 0.29) is 10.9 Å². The van der Waals surface area contributed by atoms with Crippen LogP contribution in [-0.2, 0) is 4.74 Å². The number of benzene rings is 1. The number of nitrogens with zero attached hydrogens (tertiary/aromatic N) is 3. The monoisotopic (exact) mass is 528 g/mol. The zero-order valence-corrected chi connectivity index (χ0v) is 19.7. The number of carbonyl (C=O) groups is 1. The topological polar surface area (TPSA) is 78.3 Å². The zero-order chi connectivity index (χ0) is 23.2. The van der Waals surface area contributed by atoms with E-state index in [0.29, 0.717) is 33.4 Å². The molecule has 0 unspecified atom stereocenters. The molecule has 1 aliphatic rings. The number of hydrogen-bond donors (Lipinski definition) is 1. The van der Waals surface area contributed by atoms with Crippen LogP contribution in [0.1, 0.15) is 50.7 Å². The Labute approximate surface area is 196 Å². The van der Waals surface area contributed by atoms with E-state index in [4.69, 9.17) is 21.1 Å². The normalized spacial score (nSPS) is 18.1. The van der Waals surface area contributed by atoms with Gasteiger partial charge in [0.1, 0.15) is 27.8 Å². The molecule has 1 aliphatic heterocycles. The maximum absolute atomic E-state index is 13.1. The highest BCUT2D eigenvalue weighted by molar-refractivity contribution is 9.10. The Kier molecular flexibility index (Phi) is 6.02. The van der Waals surface area contributed by atoms with Gasteiger partial charge in [0.05, 0.1) is 12.1 Å². The van der Waals surface area contributed by atoms with Gasteiger partial charge in [-0.05, 0) is 45.0 Å². The first-order valence-corrected chi connectivity index (χ1v) is 11.0. The summed E-state index contributed by atoms with van der Waals surface area (Å²) in [5.41, 5.74) is 0.847. The van der Waals surface area contributed by atoms with Crippen LogP contribution >= 0.6 is 27.5 Å². The SMILES string of the molecule is CC(C)(C)OC(=O)N[C@@H]1C[C@H](c2c(Br)cccc2OC(F)F)n2c1nc1ccc(Cl)nc12. The van der Waals surface area contributed by atoms with Crippen LogP contribution in [0.15, 0.2) is 34.8 Å². The van der Waals surface area contributed by atoms with E-state index < -0.39 is 30.4 Å². The Bertz CT molecular complexity index is 1180. The lowest BCUT2D eigenvalue weighted by molar-refractivity contribution is -0.0507. The number of halogens is 4. The van der Waals surface area contributed by atoms with Crippen molar-refractivity contribution in [3.8, 4) is 5.75 Å². The molecule has 32 heavy (non-hydrogen) atoms. The van der Waals surface area contributed by atoms with Gasteiger partial charge in [-0.2, -0.15) is 8.78 Å². The summed E-state index contributed by atoms with van der Waals surface area (Å²) in [6.45, 7) is 2.30. The average Bonchev–Trinajstić information content (AvgIpc) is 3.18. The van der Waals surface area contributed by atoms with Crippen LogP contribution in [0.4, 0.5) is 13.6 Å². The first kappa shape index (κ1) is 22.7. The maximum Gasteiger partial charge on any atom is 0.408 e. The van der Waals surface area contributed by atoms with Gasteiger partial charge in [-0.15, -0.1) is 0 Å². The summed E-state index contributed by atoms with van der Waals surface area (Å²) in [7, 11) is 0. The minimum Gasteiger partial charge on any atom is -0.444 e. The summed E-state index contributed by atoms with van der Waals surface area (Å²) in [5.74, 6) is 0.538. The summed E-state index contributed by atoms with van der Waals surface area (Å²) < 4.78 is 38.8. The molecule has 0 saturated heterocycles. The van der Waals surface area contributed by atoms with Gasteiger partial charge in [0.25, 0.3) is 0 Å². The molecular weight excluding hydrogens is 510 g/mol. The predicted molar refractivity (Wildman–Crippen MR) is 118 cm³/mol. The summed E-state index contributed by atoms with van der Waals surface area (Å²) >= 11 is 9.58. The standard InChI is InChI=1S/C21H20BrClF2N4O3/c1-21(2,3)32-20(30)27-12-9-13(16-10(22)5-4-6-14(16)31-19(24)25)29-17-11(26-18(12)29)7-8-15(23)28-17/h4-8,12-13,19H,9H2,1-3H3,(H,27,30)/t12-,13-/m1/s1. The molecule has 1 aromatic carbocycles. The quantitative estimate of drug-likeness (QED) is 0.419. The van der Waals surface area contributed by atoms with Crippen molar-refractivity contribution in [1.29, 1.82) is 0 Å². The molecule has 0 saturated carbocycles. The zero-order valence-electron chi connectivity index (χ0n) is 17.4. The Morgan fingerprint density at radius 3 is 2.72 bits per heavy atom. The lowest BCUT2D eigenvalue weighted by atomic mass is 10.0. The fourth-order valence-electron chi connectivity index (χ4n) is 3.82. The van der Waals surface area contributed by atoms with Crippen molar-refractivity contribution < 1.29 is 23.0 Å². The third kappa shape index (κ3) is 4.52. The number of aromatic nitrogens is 3. The van der Waals surface area contributed by atoms with E-state index in [0.717, 1.165) is 0 Å². The first-order valence-electron chi connectivity index (χ1n) is 9.80. The van der Waals surface area contributed by atoms with Gasteiger partial charge >= 0.3 is 12.7 Å². The second-order valence-electron chi connectivity index (χ2n) is 8.30. The smallest absolute Gasteiger partial charge is 0.408 e. The summed E-state index contributed by atoms with van der Waals surface area (Å²) in [4.78, 5) is 21.5. The van der Waals surface area contributed by atoms with Crippen LogP contribution in [0.2, 0.25) is 5.15 Å². The van der Waals surface area contributed by atoms with Gasteiger partial charge in [0, 0.05) is 16.5 Å². The van der Waals surface area contributed by atoms with E-state index in [2.05, 4.69) is 31.2 Å². The van der Waals surface area contributed by atoms with Crippen LogP contribution in [0.3, 0.4) is 0 Å². The molecule has 1 amide bonds. The average molecular weight is 530 g/mol. The molecule has 0 bridgehead atoms. The number of amides is 1. The van der Waals surface area contributed by atoms with Crippen molar-refractivity contribution in [3.05, 3.63) is 51.3 Å². The van der Waals surface area contributed by atoms with Gasteiger partial charge in [-0.25, -0.2) is 14.8 Å². The third-order valence-corrected chi connectivity index (χ3v) is 5.77. The molecule has 3 aromatic rings. The first-order chi connectivity index (χ1) is 15.0. The van der Waals surface area contributed by atoms with Gasteiger partial charge in [-0.3, -0.25) is 0 Å². The Morgan fingerprint density at radius 1 is 1.28 bits per heavy atom. The van der Waals surface area contributed by atoms with Crippen LogP contribution in [0.5, 0.6) is 5.75 Å². The second-order valence-corrected chi connectivity index (χ2v) is 9.54. The molecule has 170 valence electrons. The van der Waals surface area contributed by atoms with Gasteiger partial charge in [0.2, 0.25) is 0 Å². The molecule has 2 atom stereocenters. The van der Waals surface area contributed by atoms with E-state index in [1.54, 1.807) is 49.6 Å². The van der Waals surface area contributed by atoms with E-state index >= 15 is 0 Å². The molecule has 3 heterocycles. The van der Waals surface area contributed by atoms with Crippen LogP contribution in [0.25, 0.3) is 11.2 Å². The van der Waals surface area contributed by atoms with E-state index in [1.807, 2.05) is 0 Å². The van der Waals surface area contributed by atoms with Crippen molar-refractivity contribution >= 4 is 44.8 Å². The van der Waals surface area contributed by atoms with Crippen LogP contribution in [-0.4, -0.2) is 32.8 Å². The Balaban J connectivity index is 1.82. The van der Waals surface area contributed by atoms with Gasteiger partial charge in [-0.1, -0.05) is 33.6 Å². The summed E-state index contributed by atoms with van der Waals surface area (Å²) in [6, 6.07) is 7.09. The molecule has 4 rings (SSSR count). The molecule has 0 aliphatic carbocycles. The predicted octanol–water partition coefficient (Wildman–Crippen LogP) is 6.01. The number of fused-ring (bicyclic) bond motifs is 3. The molecule has 1 N–H and O–H groups in total. The minimum absolute atomic E-state index is 0.0205. The number of carbonyl (C=O) groups excluding carboxylic acids is 1. The minimum atomic E-state index is -2.99. The molecule has 0 radical (unpaired) electrons. The largest absolute Gasteiger partial charge is 0.444 e.